The molecule has 2 N–H and O–H groups in total. The van der Waals surface area contributed by atoms with E-state index in [-0.39, 0.29) is 17.6 Å². The van der Waals surface area contributed by atoms with Gasteiger partial charge < -0.3 is 14.8 Å². The van der Waals surface area contributed by atoms with E-state index in [1.807, 2.05) is 31.2 Å². The van der Waals surface area contributed by atoms with E-state index < -0.39 is 0 Å². The van der Waals surface area contributed by atoms with Crippen LogP contribution < -0.4 is 20.1 Å². The van der Waals surface area contributed by atoms with Crippen molar-refractivity contribution < 1.29 is 14.3 Å². The normalized spacial score (nSPS) is 9.83. The van der Waals surface area contributed by atoms with Gasteiger partial charge >= 0.3 is 0 Å². The van der Waals surface area contributed by atoms with Gasteiger partial charge in [-0.25, -0.2) is 0 Å². The maximum absolute atomic E-state index is 11.8. The number of ether oxygens (including phenoxy) is 2. The Bertz CT molecular complexity index is 669. The molecule has 0 saturated heterocycles. The first-order chi connectivity index (χ1) is 11.1. The molecule has 0 atom stereocenters. The lowest BCUT2D eigenvalue weighted by Gasteiger charge is -2.10. The second-order valence-corrected chi connectivity index (χ2v) is 5.24. The SMILES string of the molecule is COc1ccc(OCC(=O)NC(=S)Nc2ccc(C)cc2)cc1. The van der Waals surface area contributed by atoms with Crippen molar-refractivity contribution in [3.05, 3.63) is 54.1 Å². The summed E-state index contributed by atoms with van der Waals surface area (Å²) in [7, 11) is 1.59. The fourth-order valence-electron chi connectivity index (χ4n) is 1.78. The predicted octanol–water partition coefficient (Wildman–Crippen LogP) is 2.90. The Hall–Kier alpha value is -2.60. The quantitative estimate of drug-likeness (QED) is 0.826. The minimum atomic E-state index is -0.328. The minimum absolute atomic E-state index is 0.123. The van der Waals surface area contributed by atoms with Crippen LogP contribution in [0.15, 0.2) is 48.5 Å². The van der Waals surface area contributed by atoms with Crippen LogP contribution in [0.4, 0.5) is 5.69 Å². The highest BCUT2D eigenvalue weighted by Gasteiger charge is 2.06. The molecule has 0 aliphatic rings. The van der Waals surface area contributed by atoms with E-state index in [4.69, 9.17) is 21.7 Å². The van der Waals surface area contributed by atoms with Gasteiger partial charge in [0.25, 0.3) is 5.91 Å². The number of hydrogen-bond donors (Lipinski definition) is 2. The van der Waals surface area contributed by atoms with Gasteiger partial charge in [0, 0.05) is 5.69 Å². The second-order valence-electron chi connectivity index (χ2n) is 4.83. The summed E-state index contributed by atoms with van der Waals surface area (Å²) in [5, 5.41) is 5.74. The van der Waals surface area contributed by atoms with Crippen LogP contribution in [0.1, 0.15) is 5.56 Å². The summed E-state index contributed by atoms with van der Waals surface area (Å²) in [5.74, 6) is 0.981. The zero-order valence-corrected chi connectivity index (χ0v) is 13.8. The summed E-state index contributed by atoms with van der Waals surface area (Å²) in [4.78, 5) is 11.8. The number of benzene rings is 2. The van der Waals surface area contributed by atoms with Crippen molar-refractivity contribution in [1.82, 2.24) is 5.32 Å². The van der Waals surface area contributed by atoms with Crippen molar-refractivity contribution in [3.63, 3.8) is 0 Å². The Balaban J connectivity index is 1.77. The molecular weight excluding hydrogens is 312 g/mol. The van der Waals surface area contributed by atoms with Crippen LogP contribution in [0.5, 0.6) is 11.5 Å². The summed E-state index contributed by atoms with van der Waals surface area (Å²) < 4.78 is 10.4. The maximum atomic E-state index is 11.8. The highest BCUT2D eigenvalue weighted by molar-refractivity contribution is 7.80. The number of hydrogen-bond acceptors (Lipinski definition) is 4. The minimum Gasteiger partial charge on any atom is -0.497 e. The Morgan fingerprint density at radius 1 is 1.04 bits per heavy atom. The van der Waals surface area contributed by atoms with Gasteiger partial charge in [0.05, 0.1) is 7.11 Å². The fourth-order valence-corrected chi connectivity index (χ4v) is 2.01. The van der Waals surface area contributed by atoms with E-state index in [2.05, 4.69) is 10.6 Å². The molecule has 0 fully saturated rings. The maximum Gasteiger partial charge on any atom is 0.264 e. The lowest BCUT2D eigenvalue weighted by atomic mass is 10.2. The number of anilines is 1. The number of amides is 1. The largest absolute Gasteiger partial charge is 0.497 e. The summed E-state index contributed by atoms with van der Waals surface area (Å²) in [6.07, 6.45) is 0. The lowest BCUT2D eigenvalue weighted by molar-refractivity contribution is -0.121. The third-order valence-corrected chi connectivity index (χ3v) is 3.20. The average molecular weight is 330 g/mol. The molecule has 5 nitrogen and oxygen atoms in total. The molecule has 0 spiro atoms. The average Bonchev–Trinajstić information content (AvgIpc) is 2.55. The van der Waals surface area contributed by atoms with Gasteiger partial charge in [0.15, 0.2) is 11.7 Å². The lowest BCUT2D eigenvalue weighted by Crippen LogP contribution is -2.37. The second kappa shape index (κ2) is 8.14. The summed E-state index contributed by atoms with van der Waals surface area (Å²) in [5.41, 5.74) is 1.97. The van der Waals surface area contributed by atoms with Crippen molar-refractivity contribution in [2.24, 2.45) is 0 Å². The van der Waals surface area contributed by atoms with Crippen LogP contribution in [-0.2, 0) is 4.79 Å². The first kappa shape index (κ1) is 16.8. The van der Waals surface area contributed by atoms with Crippen molar-refractivity contribution in [3.8, 4) is 11.5 Å². The standard InChI is InChI=1S/C17H18N2O3S/c1-12-3-5-13(6-4-12)18-17(23)19-16(20)11-22-15-9-7-14(21-2)8-10-15/h3-10H,11H2,1-2H3,(H2,18,19,20,23). The molecule has 2 rings (SSSR count). The van der Waals surface area contributed by atoms with Crippen LogP contribution in [0.2, 0.25) is 0 Å². The molecule has 0 unspecified atom stereocenters. The molecule has 0 aromatic heterocycles. The molecule has 0 saturated carbocycles. The van der Waals surface area contributed by atoms with Crippen LogP contribution >= 0.6 is 12.2 Å². The molecule has 2 aromatic carbocycles. The van der Waals surface area contributed by atoms with E-state index in [9.17, 15) is 4.79 Å². The zero-order valence-electron chi connectivity index (χ0n) is 13.0. The summed E-state index contributed by atoms with van der Waals surface area (Å²) >= 11 is 5.09. The van der Waals surface area contributed by atoms with Crippen LogP contribution in [0.25, 0.3) is 0 Å². The molecule has 1 amide bonds. The highest BCUT2D eigenvalue weighted by Crippen LogP contribution is 2.16. The van der Waals surface area contributed by atoms with Gasteiger partial charge in [-0.2, -0.15) is 0 Å². The molecular formula is C17H18N2O3S. The first-order valence-corrected chi connectivity index (χ1v) is 7.42. The summed E-state index contributed by atoms with van der Waals surface area (Å²) in [6, 6.07) is 14.7. The fraction of sp³-hybridized carbons (Fsp3) is 0.176. The Labute approximate surface area is 140 Å². The van der Waals surface area contributed by atoms with Gasteiger partial charge in [0.2, 0.25) is 0 Å². The van der Waals surface area contributed by atoms with Crippen molar-refractivity contribution in [1.29, 1.82) is 0 Å². The predicted molar refractivity (Wildman–Crippen MR) is 94.0 cm³/mol. The van der Waals surface area contributed by atoms with Crippen LogP contribution in [-0.4, -0.2) is 24.7 Å². The van der Waals surface area contributed by atoms with E-state index in [0.717, 1.165) is 17.0 Å². The van der Waals surface area contributed by atoms with E-state index in [1.54, 1.807) is 31.4 Å². The Morgan fingerprint density at radius 3 is 2.26 bits per heavy atom. The highest BCUT2D eigenvalue weighted by atomic mass is 32.1. The van der Waals surface area contributed by atoms with E-state index in [1.165, 1.54) is 0 Å². The molecule has 2 aromatic rings. The third kappa shape index (κ3) is 5.60. The number of nitrogens with one attached hydrogen (secondary N) is 2. The number of thiocarbonyl (C=S) groups is 1. The number of rotatable bonds is 5. The molecule has 0 aliphatic carbocycles. The van der Waals surface area contributed by atoms with Gasteiger partial charge in [-0.15, -0.1) is 0 Å². The molecule has 0 heterocycles. The molecule has 0 radical (unpaired) electrons. The number of methoxy groups -OCH3 is 1. The molecule has 120 valence electrons. The zero-order chi connectivity index (χ0) is 16.7. The van der Waals surface area contributed by atoms with Crippen molar-refractivity contribution >= 4 is 28.9 Å². The van der Waals surface area contributed by atoms with E-state index in [0.29, 0.717) is 5.75 Å². The number of aryl methyl sites for hydroxylation is 1. The Morgan fingerprint density at radius 2 is 1.65 bits per heavy atom. The van der Waals surface area contributed by atoms with Crippen molar-refractivity contribution in [2.45, 2.75) is 6.92 Å². The monoisotopic (exact) mass is 330 g/mol. The third-order valence-electron chi connectivity index (χ3n) is 2.99. The van der Waals surface area contributed by atoms with Gasteiger partial charge in [-0.1, -0.05) is 17.7 Å². The smallest absolute Gasteiger partial charge is 0.264 e. The van der Waals surface area contributed by atoms with Crippen LogP contribution in [0.3, 0.4) is 0 Å². The van der Waals surface area contributed by atoms with Gasteiger partial charge in [-0.3, -0.25) is 10.1 Å². The Kier molecular flexibility index (Phi) is 5.94. The van der Waals surface area contributed by atoms with Gasteiger partial charge in [0.1, 0.15) is 11.5 Å². The molecule has 23 heavy (non-hydrogen) atoms. The molecule has 6 heteroatoms. The molecule has 0 bridgehead atoms. The first-order valence-electron chi connectivity index (χ1n) is 7.01. The molecule has 0 aliphatic heterocycles. The van der Waals surface area contributed by atoms with Gasteiger partial charge in [-0.05, 0) is 55.5 Å². The topological polar surface area (TPSA) is 59.6 Å². The van der Waals surface area contributed by atoms with E-state index >= 15 is 0 Å². The summed E-state index contributed by atoms with van der Waals surface area (Å²) in [6.45, 7) is 1.88. The number of carbonyl (C=O) groups is 1. The van der Waals surface area contributed by atoms with Crippen LogP contribution in [0, 0.1) is 6.92 Å². The number of carbonyl (C=O) groups excluding carboxylic acids is 1. The van der Waals surface area contributed by atoms with Crippen molar-refractivity contribution in [2.75, 3.05) is 19.0 Å².